The van der Waals surface area contributed by atoms with Crippen molar-refractivity contribution in [1.82, 2.24) is 5.32 Å². The molecule has 1 nitrogen and oxygen atoms in total. The second-order valence-corrected chi connectivity index (χ2v) is 2.52. The van der Waals surface area contributed by atoms with Gasteiger partial charge in [-0.3, -0.25) is 0 Å². The van der Waals surface area contributed by atoms with Crippen LogP contribution in [0.15, 0.2) is 0 Å². The first-order valence-corrected chi connectivity index (χ1v) is 3.71. The molecule has 9 heavy (non-hydrogen) atoms. The Kier molecular flexibility index (Phi) is 7.09. The first-order chi connectivity index (χ1) is 4.00. The molecule has 0 aliphatic carbocycles. The second-order valence-electron chi connectivity index (χ2n) is 2.52. The van der Waals surface area contributed by atoms with Crippen LogP contribution in [0.2, 0.25) is 0 Å². The Labute approximate surface area is 69.8 Å². The Morgan fingerprint density at radius 3 is 1.67 bits per heavy atom. The van der Waals surface area contributed by atoms with Crippen molar-refractivity contribution in [1.29, 1.82) is 0 Å². The van der Waals surface area contributed by atoms with Gasteiger partial charge in [-0.15, -0.1) is 0 Å². The van der Waals surface area contributed by atoms with E-state index in [0.717, 1.165) is 0 Å². The van der Waals surface area contributed by atoms with Crippen molar-refractivity contribution in [2.75, 3.05) is 13.1 Å². The van der Waals surface area contributed by atoms with E-state index in [1.54, 1.807) is 0 Å². The molecule has 0 bridgehead atoms. The molecule has 0 unspecified atom stereocenters. The zero-order valence-electron chi connectivity index (χ0n) is 6.45. The van der Waals surface area contributed by atoms with Gasteiger partial charge in [-0.25, -0.2) is 0 Å². The molecule has 49 valence electrons. The first kappa shape index (κ1) is 9.56. The normalized spacial score (nSPS) is 21.3. The van der Waals surface area contributed by atoms with Crippen LogP contribution in [0.5, 0.6) is 0 Å². The molecular weight excluding hydrogens is 105 g/mol. The van der Waals surface area contributed by atoms with Gasteiger partial charge in [0.1, 0.15) is 0 Å². The average Bonchev–Trinajstić information content (AvgIpc) is 1.62. The van der Waals surface area contributed by atoms with E-state index in [4.69, 9.17) is 0 Å². The molecule has 1 rings (SSSR count). The summed E-state index contributed by atoms with van der Waals surface area (Å²) in [6, 6.07) is 0. The Morgan fingerprint density at radius 2 is 1.11 bits per heavy atom. The molecule has 0 aromatic rings. The van der Waals surface area contributed by atoms with Crippen molar-refractivity contribution < 1.29 is 0 Å². The molecular formula is C7H15LiN. The largest absolute Gasteiger partial charge is 0.317 e. The van der Waals surface area contributed by atoms with Crippen LogP contribution in [0.3, 0.4) is 0 Å². The van der Waals surface area contributed by atoms with Crippen LogP contribution in [-0.2, 0) is 0 Å². The predicted octanol–water partition coefficient (Wildman–Crippen LogP) is 1.16. The van der Waals surface area contributed by atoms with E-state index < -0.39 is 0 Å². The molecule has 1 aliphatic rings. The topological polar surface area (TPSA) is 12.0 Å². The van der Waals surface area contributed by atoms with Crippen LogP contribution < -0.4 is 5.32 Å². The van der Waals surface area contributed by atoms with Crippen molar-refractivity contribution in [2.24, 2.45) is 0 Å². The Morgan fingerprint density at radius 1 is 0.667 bits per heavy atom. The van der Waals surface area contributed by atoms with Gasteiger partial charge in [0.25, 0.3) is 0 Å². The molecule has 0 spiro atoms. The summed E-state index contributed by atoms with van der Waals surface area (Å²) in [6.07, 6.45) is 7.11. The van der Waals surface area contributed by atoms with Crippen molar-refractivity contribution in [3.05, 3.63) is 0 Å². The zero-order valence-corrected chi connectivity index (χ0v) is 6.45. The third-order valence-corrected chi connectivity index (χ3v) is 1.71. The zero-order chi connectivity index (χ0) is 5.66. The van der Waals surface area contributed by atoms with E-state index in [1.165, 1.54) is 45.2 Å². The molecule has 0 amide bonds. The van der Waals surface area contributed by atoms with Crippen LogP contribution in [0.4, 0.5) is 0 Å². The molecule has 0 saturated carbocycles. The molecule has 1 heterocycles. The van der Waals surface area contributed by atoms with Crippen LogP contribution in [0.1, 0.15) is 32.1 Å². The van der Waals surface area contributed by atoms with Crippen molar-refractivity contribution in [3.63, 3.8) is 0 Å². The molecule has 0 aromatic carbocycles. The first-order valence-electron chi connectivity index (χ1n) is 3.71. The molecule has 1 N–H and O–H groups in total. The molecule has 2 heteroatoms. The predicted molar refractivity (Wildman–Crippen MR) is 41.7 cm³/mol. The van der Waals surface area contributed by atoms with Crippen molar-refractivity contribution in [3.8, 4) is 0 Å². The minimum atomic E-state index is 0. The van der Waals surface area contributed by atoms with E-state index in [1.807, 2.05) is 0 Å². The minimum Gasteiger partial charge on any atom is -0.317 e. The number of rotatable bonds is 0. The summed E-state index contributed by atoms with van der Waals surface area (Å²) in [5.41, 5.74) is 0. The van der Waals surface area contributed by atoms with Gasteiger partial charge in [-0.1, -0.05) is 19.3 Å². The Hall–Kier alpha value is 0.557. The van der Waals surface area contributed by atoms with E-state index in [-0.39, 0.29) is 18.9 Å². The van der Waals surface area contributed by atoms with Crippen LogP contribution in [0, 0.1) is 0 Å². The van der Waals surface area contributed by atoms with Crippen LogP contribution in [0.25, 0.3) is 0 Å². The Bertz CT molecular complexity index is 32.9. The van der Waals surface area contributed by atoms with Gasteiger partial charge in [0, 0.05) is 18.9 Å². The molecule has 1 fully saturated rings. The standard InChI is InChI=1S/C7H15N.Li/c1-2-4-6-8-7-5-3-1;/h8H,1-7H2;. The Balaban J connectivity index is 0.000000640. The fourth-order valence-electron chi connectivity index (χ4n) is 1.16. The number of nitrogens with one attached hydrogen (secondary N) is 1. The van der Waals surface area contributed by atoms with Crippen molar-refractivity contribution >= 4 is 18.9 Å². The molecule has 0 atom stereocenters. The van der Waals surface area contributed by atoms with Crippen LogP contribution in [-0.4, -0.2) is 32.0 Å². The third-order valence-electron chi connectivity index (χ3n) is 1.71. The summed E-state index contributed by atoms with van der Waals surface area (Å²) in [4.78, 5) is 0. The van der Waals surface area contributed by atoms with Crippen molar-refractivity contribution in [2.45, 2.75) is 32.1 Å². The third kappa shape index (κ3) is 5.02. The summed E-state index contributed by atoms with van der Waals surface area (Å²) >= 11 is 0. The summed E-state index contributed by atoms with van der Waals surface area (Å²) in [6.45, 7) is 2.50. The van der Waals surface area contributed by atoms with E-state index >= 15 is 0 Å². The maximum atomic E-state index is 3.39. The van der Waals surface area contributed by atoms with E-state index in [0.29, 0.717) is 0 Å². The monoisotopic (exact) mass is 120 g/mol. The smallest absolute Gasteiger partial charge is 0 e. The van der Waals surface area contributed by atoms with Gasteiger partial charge in [-0.05, 0) is 25.9 Å². The quantitative estimate of drug-likeness (QED) is 0.473. The average molecular weight is 120 g/mol. The van der Waals surface area contributed by atoms with E-state index in [2.05, 4.69) is 5.32 Å². The second kappa shape index (κ2) is 6.67. The molecule has 1 aliphatic heterocycles. The van der Waals surface area contributed by atoms with E-state index in [9.17, 15) is 0 Å². The van der Waals surface area contributed by atoms with Crippen LogP contribution >= 0.6 is 0 Å². The summed E-state index contributed by atoms with van der Waals surface area (Å²) < 4.78 is 0. The van der Waals surface area contributed by atoms with Gasteiger partial charge in [0.05, 0.1) is 0 Å². The van der Waals surface area contributed by atoms with Gasteiger partial charge < -0.3 is 5.32 Å². The SMILES string of the molecule is C1CCCNCCC1.[Li]. The number of hydrogen-bond acceptors (Lipinski definition) is 1. The molecule has 1 radical (unpaired) electrons. The fraction of sp³-hybridized carbons (Fsp3) is 1.00. The fourth-order valence-corrected chi connectivity index (χ4v) is 1.16. The minimum absolute atomic E-state index is 0. The number of hydrogen-bond donors (Lipinski definition) is 1. The molecule has 0 aromatic heterocycles. The maximum absolute atomic E-state index is 3.39. The van der Waals surface area contributed by atoms with Gasteiger partial charge in [0.2, 0.25) is 0 Å². The van der Waals surface area contributed by atoms with Gasteiger partial charge >= 0.3 is 0 Å². The maximum Gasteiger partial charge on any atom is 0 e. The summed E-state index contributed by atoms with van der Waals surface area (Å²) in [5.74, 6) is 0. The van der Waals surface area contributed by atoms with Gasteiger partial charge in [-0.2, -0.15) is 0 Å². The summed E-state index contributed by atoms with van der Waals surface area (Å²) in [5, 5.41) is 3.39. The molecule has 1 saturated heterocycles. The summed E-state index contributed by atoms with van der Waals surface area (Å²) in [7, 11) is 0. The van der Waals surface area contributed by atoms with Gasteiger partial charge in [0.15, 0.2) is 0 Å².